The molecule has 27 heavy (non-hydrogen) atoms. The first kappa shape index (κ1) is 17.3. The molecule has 4 rings (SSSR count). The Morgan fingerprint density at radius 3 is 2.74 bits per heavy atom. The van der Waals surface area contributed by atoms with Crippen molar-refractivity contribution in [2.24, 2.45) is 0 Å². The zero-order chi connectivity index (χ0) is 18.8. The third-order valence-electron chi connectivity index (χ3n) is 5.00. The van der Waals surface area contributed by atoms with E-state index in [1.165, 1.54) is 7.11 Å². The van der Waals surface area contributed by atoms with E-state index in [0.717, 1.165) is 23.8 Å². The summed E-state index contributed by atoms with van der Waals surface area (Å²) >= 11 is 0. The Hall–Kier alpha value is -3.15. The van der Waals surface area contributed by atoms with Crippen LogP contribution in [-0.2, 0) is 9.53 Å². The number of nitrogens with zero attached hydrogens (tertiary/aromatic N) is 2. The van der Waals surface area contributed by atoms with Gasteiger partial charge in [-0.2, -0.15) is 0 Å². The number of benzene rings is 2. The second kappa shape index (κ2) is 7.23. The molecule has 6 heteroatoms. The minimum atomic E-state index is -0.525. The average molecular weight is 364 g/mol. The number of methoxy groups -OCH3 is 1. The van der Waals surface area contributed by atoms with E-state index >= 15 is 0 Å². The van der Waals surface area contributed by atoms with Gasteiger partial charge < -0.3 is 14.2 Å². The number of rotatable bonds is 3. The minimum absolute atomic E-state index is 0.174. The molecular formula is C21H20N2O4. The number of hydrogen-bond acceptors (Lipinski definition) is 5. The summed E-state index contributed by atoms with van der Waals surface area (Å²) in [5.41, 5.74) is 2.10. The number of amides is 1. The highest BCUT2D eigenvalue weighted by Gasteiger charge is 2.33. The molecule has 1 fully saturated rings. The van der Waals surface area contributed by atoms with Crippen molar-refractivity contribution in [1.29, 1.82) is 0 Å². The van der Waals surface area contributed by atoms with Crippen LogP contribution in [0.5, 0.6) is 0 Å². The highest BCUT2D eigenvalue weighted by Crippen LogP contribution is 2.30. The van der Waals surface area contributed by atoms with Gasteiger partial charge in [0.25, 0.3) is 5.91 Å². The summed E-state index contributed by atoms with van der Waals surface area (Å²) in [6, 6.07) is 14.4. The molecule has 1 unspecified atom stereocenters. The summed E-state index contributed by atoms with van der Waals surface area (Å²) in [6.07, 6.45) is 2.42. The van der Waals surface area contributed by atoms with Crippen LogP contribution in [0, 0.1) is 0 Å². The number of esters is 1. The summed E-state index contributed by atoms with van der Waals surface area (Å²) in [5.74, 6) is 0.0923. The molecule has 2 heterocycles. The van der Waals surface area contributed by atoms with Crippen molar-refractivity contribution in [1.82, 2.24) is 10.1 Å². The molecule has 3 aromatic rings. The molecule has 1 saturated heterocycles. The lowest BCUT2D eigenvalue weighted by molar-refractivity contribution is -0.147. The lowest BCUT2D eigenvalue weighted by Crippen LogP contribution is -2.48. The first-order chi connectivity index (χ1) is 13.2. The van der Waals surface area contributed by atoms with E-state index in [2.05, 4.69) is 5.16 Å². The smallest absolute Gasteiger partial charge is 0.328 e. The summed E-state index contributed by atoms with van der Waals surface area (Å²) in [7, 11) is 1.36. The number of carbonyl (C=O) groups is 2. The zero-order valence-corrected chi connectivity index (χ0v) is 15.1. The fraction of sp³-hybridized carbons (Fsp3) is 0.286. The molecule has 138 valence electrons. The normalized spacial score (nSPS) is 17.1. The van der Waals surface area contributed by atoms with Gasteiger partial charge in [-0.05, 0) is 37.5 Å². The van der Waals surface area contributed by atoms with Crippen LogP contribution < -0.4 is 0 Å². The van der Waals surface area contributed by atoms with Crippen molar-refractivity contribution < 1.29 is 18.8 Å². The predicted molar refractivity (Wildman–Crippen MR) is 100 cm³/mol. The maximum atomic E-state index is 13.1. The zero-order valence-electron chi connectivity index (χ0n) is 15.1. The maximum Gasteiger partial charge on any atom is 0.328 e. The van der Waals surface area contributed by atoms with Crippen LogP contribution in [0.3, 0.4) is 0 Å². The van der Waals surface area contributed by atoms with Crippen LogP contribution in [0.25, 0.3) is 22.2 Å². The largest absolute Gasteiger partial charge is 0.467 e. The van der Waals surface area contributed by atoms with Crippen LogP contribution >= 0.6 is 0 Å². The van der Waals surface area contributed by atoms with Crippen molar-refractivity contribution in [2.75, 3.05) is 13.7 Å². The van der Waals surface area contributed by atoms with Gasteiger partial charge in [-0.1, -0.05) is 35.5 Å². The number of fused-ring (bicyclic) bond motifs is 1. The Kier molecular flexibility index (Phi) is 4.62. The molecule has 1 aromatic heterocycles. The number of hydrogen-bond donors (Lipinski definition) is 0. The average Bonchev–Trinajstić information content (AvgIpc) is 3.16. The molecule has 1 amide bonds. The molecule has 1 aliphatic rings. The van der Waals surface area contributed by atoms with E-state index in [9.17, 15) is 9.59 Å². The topological polar surface area (TPSA) is 72.6 Å². The van der Waals surface area contributed by atoms with Gasteiger partial charge in [0.05, 0.1) is 12.5 Å². The molecule has 0 bridgehead atoms. The van der Waals surface area contributed by atoms with Gasteiger partial charge >= 0.3 is 5.97 Å². The van der Waals surface area contributed by atoms with Gasteiger partial charge in [0.1, 0.15) is 11.6 Å². The van der Waals surface area contributed by atoms with Crippen molar-refractivity contribution in [2.45, 2.75) is 25.3 Å². The SMILES string of the molecule is COC(=O)C1CCCCN1C(=O)c1ccc2noc(-c3ccccc3)c2c1. The van der Waals surface area contributed by atoms with Gasteiger partial charge in [0, 0.05) is 17.7 Å². The molecular weight excluding hydrogens is 344 g/mol. The molecule has 1 atom stereocenters. The standard InChI is InChI=1S/C21H20N2O4/c1-26-21(25)18-9-5-6-12-23(18)20(24)15-10-11-17-16(13-15)19(27-22-17)14-7-3-2-4-8-14/h2-4,7-8,10-11,13,18H,5-6,9,12H2,1H3. The molecule has 2 aromatic carbocycles. The molecule has 1 aliphatic heterocycles. The van der Waals surface area contributed by atoms with Crippen molar-refractivity contribution in [3.63, 3.8) is 0 Å². The van der Waals surface area contributed by atoms with E-state index in [1.807, 2.05) is 30.3 Å². The van der Waals surface area contributed by atoms with Crippen LogP contribution in [0.4, 0.5) is 0 Å². The van der Waals surface area contributed by atoms with Gasteiger partial charge in [0.15, 0.2) is 5.76 Å². The van der Waals surface area contributed by atoms with E-state index in [1.54, 1.807) is 23.1 Å². The summed E-state index contributed by atoms with van der Waals surface area (Å²) < 4.78 is 10.4. The van der Waals surface area contributed by atoms with E-state index in [0.29, 0.717) is 29.8 Å². The highest BCUT2D eigenvalue weighted by molar-refractivity contribution is 6.02. The molecule has 0 radical (unpaired) electrons. The predicted octanol–water partition coefficient (Wildman–Crippen LogP) is 3.66. The van der Waals surface area contributed by atoms with Crippen LogP contribution in [0.1, 0.15) is 29.6 Å². The first-order valence-electron chi connectivity index (χ1n) is 9.02. The quantitative estimate of drug-likeness (QED) is 0.663. The molecule has 0 aliphatic carbocycles. The molecule has 0 N–H and O–H groups in total. The van der Waals surface area contributed by atoms with E-state index in [-0.39, 0.29) is 11.9 Å². The number of ether oxygens (including phenoxy) is 1. The fourth-order valence-electron chi connectivity index (χ4n) is 3.59. The third-order valence-corrected chi connectivity index (χ3v) is 5.00. The van der Waals surface area contributed by atoms with E-state index < -0.39 is 6.04 Å². The number of aromatic nitrogens is 1. The summed E-state index contributed by atoms with van der Waals surface area (Å²) in [4.78, 5) is 26.8. The Bertz CT molecular complexity index is 980. The van der Waals surface area contributed by atoms with Crippen LogP contribution in [-0.4, -0.2) is 41.6 Å². The van der Waals surface area contributed by atoms with Gasteiger partial charge in [-0.25, -0.2) is 4.79 Å². The number of carbonyl (C=O) groups excluding carboxylic acids is 2. The fourth-order valence-corrected chi connectivity index (χ4v) is 3.59. The molecule has 6 nitrogen and oxygen atoms in total. The van der Waals surface area contributed by atoms with Gasteiger partial charge in [-0.3, -0.25) is 4.79 Å². The van der Waals surface area contributed by atoms with Crippen molar-refractivity contribution >= 4 is 22.8 Å². The second-order valence-corrected chi connectivity index (χ2v) is 6.64. The van der Waals surface area contributed by atoms with Crippen molar-refractivity contribution in [3.8, 4) is 11.3 Å². The number of likely N-dealkylation sites (tertiary alicyclic amines) is 1. The van der Waals surface area contributed by atoms with Crippen LogP contribution in [0.2, 0.25) is 0 Å². The molecule has 0 saturated carbocycles. The molecule has 0 spiro atoms. The monoisotopic (exact) mass is 364 g/mol. The second-order valence-electron chi connectivity index (χ2n) is 6.64. The van der Waals surface area contributed by atoms with Crippen molar-refractivity contribution in [3.05, 3.63) is 54.1 Å². The van der Waals surface area contributed by atoms with E-state index in [4.69, 9.17) is 9.26 Å². The highest BCUT2D eigenvalue weighted by atomic mass is 16.5. The van der Waals surface area contributed by atoms with Crippen LogP contribution in [0.15, 0.2) is 53.1 Å². The Morgan fingerprint density at radius 2 is 1.96 bits per heavy atom. The Balaban J connectivity index is 1.71. The first-order valence-corrected chi connectivity index (χ1v) is 9.02. The lowest BCUT2D eigenvalue weighted by Gasteiger charge is -2.33. The summed E-state index contributed by atoms with van der Waals surface area (Å²) in [5, 5.41) is 4.87. The summed E-state index contributed by atoms with van der Waals surface area (Å²) in [6.45, 7) is 0.547. The Morgan fingerprint density at radius 1 is 1.15 bits per heavy atom. The Labute approximate surface area is 156 Å². The maximum absolute atomic E-state index is 13.1. The van der Waals surface area contributed by atoms with Gasteiger partial charge in [-0.15, -0.1) is 0 Å². The minimum Gasteiger partial charge on any atom is -0.467 e. The van der Waals surface area contributed by atoms with Gasteiger partial charge in [0.2, 0.25) is 0 Å². The lowest BCUT2D eigenvalue weighted by atomic mass is 10.00. The number of piperidine rings is 1. The third kappa shape index (κ3) is 3.18.